The summed E-state index contributed by atoms with van der Waals surface area (Å²) < 4.78 is 0. The highest BCUT2D eigenvalue weighted by Crippen LogP contribution is 2.15. The molecule has 1 aliphatic heterocycles. The SMILES string of the molecule is C/C=C(\C=C(/N)C1=CC(C(=O)O)=CC(CN)N1)C(=O)O. The number of rotatable bonds is 5. The van der Waals surface area contributed by atoms with Gasteiger partial charge in [-0.2, -0.15) is 0 Å². The highest BCUT2D eigenvalue weighted by Gasteiger charge is 2.18. The van der Waals surface area contributed by atoms with Crippen LogP contribution in [0.1, 0.15) is 6.92 Å². The lowest BCUT2D eigenvalue weighted by Crippen LogP contribution is -2.38. The van der Waals surface area contributed by atoms with E-state index < -0.39 is 11.9 Å². The zero-order chi connectivity index (χ0) is 15.3. The number of carbonyl (C=O) groups is 2. The molecule has 0 radical (unpaired) electrons. The molecule has 0 aromatic rings. The quantitative estimate of drug-likeness (QED) is 0.343. The van der Waals surface area contributed by atoms with Gasteiger partial charge in [0.2, 0.25) is 0 Å². The number of hydrogen-bond acceptors (Lipinski definition) is 5. The number of carboxylic acids is 2. The van der Waals surface area contributed by atoms with E-state index in [0.29, 0.717) is 5.70 Å². The summed E-state index contributed by atoms with van der Waals surface area (Å²) in [4.78, 5) is 21.9. The molecule has 1 aliphatic rings. The molecule has 0 aromatic heterocycles. The Hall–Kier alpha value is -2.54. The lowest BCUT2D eigenvalue weighted by molar-refractivity contribution is -0.133. The lowest BCUT2D eigenvalue weighted by atomic mass is 10.0. The summed E-state index contributed by atoms with van der Waals surface area (Å²) >= 11 is 0. The second-order valence-electron chi connectivity index (χ2n) is 4.12. The number of allylic oxidation sites excluding steroid dienone is 1. The highest BCUT2D eigenvalue weighted by molar-refractivity contribution is 5.91. The molecule has 0 saturated heterocycles. The van der Waals surface area contributed by atoms with Gasteiger partial charge in [0.25, 0.3) is 0 Å². The van der Waals surface area contributed by atoms with Gasteiger partial charge in [-0.1, -0.05) is 6.08 Å². The minimum atomic E-state index is -1.11. The largest absolute Gasteiger partial charge is 0.478 e. The van der Waals surface area contributed by atoms with Crippen LogP contribution in [0.2, 0.25) is 0 Å². The molecule has 0 spiro atoms. The molecule has 1 atom stereocenters. The number of dihydropyridines is 1. The minimum absolute atomic E-state index is 0.0147. The number of hydrogen-bond donors (Lipinski definition) is 5. The number of nitrogens with two attached hydrogens (primary N) is 2. The van der Waals surface area contributed by atoms with E-state index in [2.05, 4.69) is 5.32 Å². The first-order chi connectivity index (χ1) is 9.38. The van der Waals surface area contributed by atoms with Gasteiger partial charge in [-0.3, -0.25) is 0 Å². The van der Waals surface area contributed by atoms with Crippen molar-refractivity contribution in [2.75, 3.05) is 6.54 Å². The molecule has 20 heavy (non-hydrogen) atoms. The van der Waals surface area contributed by atoms with Crippen LogP contribution in [0.3, 0.4) is 0 Å². The van der Waals surface area contributed by atoms with Crippen molar-refractivity contribution in [1.82, 2.24) is 5.32 Å². The Labute approximate surface area is 115 Å². The van der Waals surface area contributed by atoms with E-state index in [1.54, 1.807) is 6.92 Å². The molecule has 7 nitrogen and oxygen atoms in total. The topological polar surface area (TPSA) is 139 Å². The third kappa shape index (κ3) is 3.72. The molecular weight excluding hydrogens is 262 g/mol. The average molecular weight is 279 g/mol. The zero-order valence-corrected chi connectivity index (χ0v) is 11.0. The third-order valence-corrected chi connectivity index (χ3v) is 2.70. The molecule has 1 rings (SSSR count). The fraction of sp³-hybridized carbons (Fsp3) is 0.231. The van der Waals surface area contributed by atoms with Crippen molar-refractivity contribution in [3.63, 3.8) is 0 Å². The summed E-state index contributed by atoms with van der Waals surface area (Å²) in [5.74, 6) is -2.21. The summed E-state index contributed by atoms with van der Waals surface area (Å²) in [5.41, 5.74) is 11.9. The molecule has 1 unspecified atom stereocenters. The normalized spacial score (nSPS) is 19.8. The molecular formula is C13H17N3O4. The van der Waals surface area contributed by atoms with E-state index in [4.69, 9.17) is 21.7 Å². The van der Waals surface area contributed by atoms with Gasteiger partial charge < -0.3 is 27.0 Å². The molecule has 0 aliphatic carbocycles. The van der Waals surface area contributed by atoms with Crippen LogP contribution in [0.15, 0.2) is 46.8 Å². The van der Waals surface area contributed by atoms with Crippen LogP contribution in [0.5, 0.6) is 0 Å². The van der Waals surface area contributed by atoms with E-state index >= 15 is 0 Å². The number of aliphatic carboxylic acids is 2. The van der Waals surface area contributed by atoms with Crippen LogP contribution in [0, 0.1) is 0 Å². The predicted octanol–water partition coefficient (Wildman–Crippen LogP) is -0.315. The Bertz CT molecular complexity index is 544. The summed E-state index contributed by atoms with van der Waals surface area (Å²) in [6.45, 7) is 1.76. The van der Waals surface area contributed by atoms with Gasteiger partial charge in [0.05, 0.1) is 28.6 Å². The molecule has 0 fully saturated rings. The van der Waals surface area contributed by atoms with Gasteiger partial charge in [-0.05, 0) is 25.2 Å². The Morgan fingerprint density at radius 3 is 2.55 bits per heavy atom. The Morgan fingerprint density at radius 1 is 1.45 bits per heavy atom. The van der Waals surface area contributed by atoms with Gasteiger partial charge in [-0.25, -0.2) is 9.59 Å². The van der Waals surface area contributed by atoms with Crippen molar-refractivity contribution in [2.45, 2.75) is 13.0 Å². The van der Waals surface area contributed by atoms with Crippen LogP contribution < -0.4 is 16.8 Å². The Kier molecular flexibility index (Phi) is 5.10. The van der Waals surface area contributed by atoms with Gasteiger partial charge >= 0.3 is 11.9 Å². The van der Waals surface area contributed by atoms with E-state index in [-0.39, 0.29) is 29.4 Å². The van der Waals surface area contributed by atoms with Crippen molar-refractivity contribution in [2.24, 2.45) is 11.5 Å². The van der Waals surface area contributed by atoms with Crippen LogP contribution in [0.25, 0.3) is 0 Å². The smallest absolute Gasteiger partial charge is 0.335 e. The van der Waals surface area contributed by atoms with Crippen LogP contribution in [-0.4, -0.2) is 34.7 Å². The maximum atomic E-state index is 11.0. The highest BCUT2D eigenvalue weighted by atomic mass is 16.4. The summed E-state index contributed by atoms with van der Waals surface area (Å²) in [7, 11) is 0. The first-order valence-electron chi connectivity index (χ1n) is 5.89. The average Bonchev–Trinajstić information content (AvgIpc) is 2.43. The van der Waals surface area contributed by atoms with E-state index in [0.717, 1.165) is 0 Å². The van der Waals surface area contributed by atoms with Crippen molar-refractivity contribution in [3.05, 3.63) is 46.8 Å². The lowest BCUT2D eigenvalue weighted by Gasteiger charge is -2.22. The number of carboxylic acid groups (broad SMARTS) is 2. The zero-order valence-electron chi connectivity index (χ0n) is 11.0. The molecule has 7 N–H and O–H groups in total. The summed E-state index contributed by atoms with van der Waals surface area (Å²) in [6, 6.07) is -0.369. The van der Waals surface area contributed by atoms with Crippen molar-refractivity contribution < 1.29 is 19.8 Å². The van der Waals surface area contributed by atoms with Crippen LogP contribution in [0.4, 0.5) is 0 Å². The second kappa shape index (κ2) is 6.58. The van der Waals surface area contributed by atoms with Crippen LogP contribution in [-0.2, 0) is 9.59 Å². The minimum Gasteiger partial charge on any atom is -0.478 e. The van der Waals surface area contributed by atoms with E-state index in [9.17, 15) is 9.59 Å². The summed E-state index contributed by atoms with van der Waals surface area (Å²) in [5, 5.41) is 20.9. The first-order valence-corrected chi connectivity index (χ1v) is 5.89. The molecule has 1 heterocycles. The standard InChI is InChI=1S/C13H17N3O4/c1-2-7(12(17)18)4-10(15)11-5-8(13(19)20)3-9(6-14)16-11/h2-5,9,16H,6,14-15H2,1H3,(H,17,18)(H,19,20)/b7-2+,10-4-. The van der Waals surface area contributed by atoms with E-state index in [1.807, 2.05) is 0 Å². The Balaban J connectivity index is 3.12. The van der Waals surface area contributed by atoms with Gasteiger partial charge in [0, 0.05) is 6.54 Å². The molecule has 7 heteroatoms. The maximum Gasteiger partial charge on any atom is 0.335 e. The fourth-order valence-electron chi connectivity index (χ4n) is 1.64. The van der Waals surface area contributed by atoms with Crippen molar-refractivity contribution in [3.8, 4) is 0 Å². The maximum absolute atomic E-state index is 11.0. The van der Waals surface area contributed by atoms with Gasteiger partial charge in [-0.15, -0.1) is 0 Å². The van der Waals surface area contributed by atoms with Crippen molar-refractivity contribution in [1.29, 1.82) is 0 Å². The van der Waals surface area contributed by atoms with Crippen molar-refractivity contribution >= 4 is 11.9 Å². The third-order valence-electron chi connectivity index (χ3n) is 2.70. The predicted molar refractivity (Wildman–Crippen MR) is 73.4 cm³/mol. The fourth-order valence-corrected chi connectivity index (χ4v) is 1.64. The Morgan fingerprint density at radius 2 is 2.10 bits per heavy atom. The molecule has 108 valence electrons. The second-order valence-corrected chi connectivity index (χ2v) is 4.12. The van der Waals surface area contributed by atoms with E-state index in [1.165, 1.54) is 24.3 Å². The van der Waals surface area contributed by atoms with Crippen LogP contribution >= 0.6 is 0 Å². The molecule has 0 amide bonds. The molecule has 0 bridgehead atoms. The molecule has 0 aromatic carbocycles. The van der Waals surface area contributed by atoms with Gasteiger partial charge in [0.15, 0.2) is 0 Å². The number of nitrogens with one attached hydrogen (secondary N) is 1. The molecule has 0 saturated carbocycles. The van der Waals surface area contributed by atoms with Gasteiger partial charge in [0.1, 0.15) is 0 Å². The monoisotopic (exact) mass is 279 g/mol. The summed E-state index contributed by atoms with van der Waals surface area (Å²) in [6.07, 6.45) is 5.48. The first kappa shape index (κ1) is 15.5.